The number of halogens is 1. The maximum absolute atomic E-state index is 11.3. The van der Waals surface area contributed by atoms with E-state index in [1.807, 2.05) is 36.4 Å². The number of amides is 1. The zero-order chi connectivity index (χ0) is 13.7. The maximum atomic E-state index is 11.3. The van der Waals surface area contributed by atoms with Gasteiger partial charge in [-0.15, -0.1) is 0 Å². The van der Waals surface area contributed by atoms with Gasteiger partial charge in [0.1, 0.15) is 12.4 Å². The fourth-order valence-electron chi connectivity index (χ4n) is 1.53. The van der Waals surface area contributed by atoms with Gasteiger partial charge in [0, 0.05) is 10.0 Å². The Hall–Kier alpha value is -1.85. The second kappa shape index (κ2) is 6.36. The van der Waals surface area contributed by atoms with Crippen molar-refractivity contribution in [2.75, 3.05) is 0 Å². The number of nitrogens with two attached hydrogens (primary N) is 1. The van der Waals surface area contributed by atoms with Crippen LogP contribution in [0.4, 0.5) is 0 Å². The van der Waals surface area contributed by atoms with E-state index in [2.05, 4.69) is 21.4 Å². The van der Waals surface area contributed by atoms with Crippen LogP contribution >= 0.6 is 15.9 Å². The van der Waals surface area contributed by atoms with Gasteiger partial charge < -0.3 is 4.74 Å². The van der Waals surface area contributed by atoms with Gasteiger partial charge in [-0.25, -0.2) is 5.84 Å². The van der Waals surface area contributed by atoms with Crippen molar-refractivity contribution in [2.45, 2.75) is 6.61 Å². The molecule has 0 fully saturated rings. The highest BCUT2D eigenvalue weighted by atomic mass is 79.9. The maximum Gasteiger partial charge on any atom is 0.265 e. The van der Waals surface area contributed by atoms with Gasteiger partial charge in [0.25, 0.3) is 5.91 Å². The van der Waals surface area contributed by atoms with Crippen LogP contribution in [0.3, 0.4) is 0 Å². The first-order valence-electron chi connectivity index (χ1n) is 5.67. The highest BCUT2D eigenvalue weighted by Gasteiger charge is 2.03. The molecule has 5 heteroatoms. The third-order valence-corrected chi connectivity index (χ3v) is 3.10. The molecule has 19 heavy (non-hydrogen) atoms. The average Bonchev–Trinajstić information content (AvgIpc) is 2.46. The summed E-state index contributed by atoms with van der Waals surface area (Å²) in [4.78, 5) is 11.3. The fraction of sp³-hybridized carbons (Fsp3) is 0.0714. The Morgan fingerprint density at radius 2 is 1.74 bits per heavy atom. The van der Waals surface area contributed by atoms with E-state index in [1.165, 1.54) is 0 Å². The molecule has 0 aliphatic carbocycles. The van der Waals surface area contributed by atoms with Crippen LogP contribution in [0.15, 0.2) is 53.0 Å². The van der Waals surface area contributed by atoms with E-state index in [9.17, 15) is 4.79 Å². The molecule has 1 amide bonds. The van der Waals surface area contributed by atoms with Crippen molar-refractivity contribution in [3.05, 3.63) is 64.1 Å². The van der Waals surface area contributed by atoms with Crippen LogP contribution in [0.2, 0.25) is 0 Å². The first-order chi connectivity index (χ1) is 9.19. The molecule has 0 radical (unpaired) electrons. The highest BCUT2D eigenvalue weighted by molar-refractivity contribution is 9.10. The molecule has 2 aromatic carbocycles. The minimum Gasteiger partial charge on any atom is -0.489 e. The molecule has 4 nitrogen and oxygen atoms in total. The van der Waals surface area contributed by atoms with E-state index >= 15 is 0 Å². The lowest BCUT2D eigenvalue weighted by Gasteiger charge is -2.07. The quantitative estimate of drug-likeness (QED) is 0.517. The SMILES string of the molecule is NNC(=O)c1ccc(COc2ccc(Br)cc2)cc1. The Bertz CT molecular complexity index is 553. The molecule has 0 unspecified atom stereocenters. The van der Waals surface area contributed by atoms with Crippen LogP contribution in [0.25, 0.3) is 0 Å². The van der Waals surface area contributed by atoms with Gasteiger partial charge >= 0.3 is 0 Å². The van der Waals surface area contributed by atoms with Crippen molar-refractivity contribution in [2.24, 2.45) is 5.84 Å². The van der Waals surface area contributed by atoms with Crippen LogP contribution in [0, 0.1) is 0 Å². The van der Waals surface area contributed by atoms with E-state index in [0.717, 1.165) is 15.8 Å². The lowest BCUT2D eigenvalue weighted by atomic mass is 10.1. The average molecular weight is 321 g/mol. The zero-order valence-corrected chi connectivity index (χ0v) is 11.7. The third-order valence-electron chi connectivity index (χ3n) is 2.57. The molecule has 0 aromatic heterocycles. The lowest BCUT2D eigenvalue weighted by Crippen LogP contribution is -2.29. The molecule has 0 atom stereocenters. The van der Waals surface area contributed by atoms with Crippen molar-refractivity contribution >= 4 is 21.8 Å². The molecule has 0 aliphatic rings. The minimum absolute atomic E-state index is 0.305. The van der Waals surface area contributed by atoms with Crippen LogP contribution in [0.1, 0.15) is 15.9 Å². The Kier molecular flexibility index (Phi) is 4.54. The molecule has 0 heterocycles. The molecular formula is C14H13BrN2O2. The van der Waals surface area contributed by atoms with Gasteiger partial charge in [-0.1, -0.05) is 28.1 Å². The molecule has 0 spiro atoms. The summed E-state index contributed by atoms with van der Waals surface area (Å²) in [6.07, 6.45) is 0. The summed E-state index contributed by atoms with van der Waals surface area (Å²) >= 11 is 3.37. The molecule has 0 saturated heterocycles. The van der Waals surface area contributed by atoms with Gasteiger partial charge in [0.2, 0.25) is 0 Å². The molecule has 3 N–H and O–H groups in total. The monoisotopic (exact) mass is 320 g/mol. The van der Waals surface area contributed by atoms with E-state index in [1.54, 1.807) is 12.1 Å². The second-order valence-corrected chi connectivity index (χ2v) is 4.83. The van der Waals surface area contributed by atoms with E-state index in [4.69, 9.17) is 10.6 Å². The van der Waals surface area contributed by atoms with Gasteiger partial charge in [-0.05, 0) is 42.0 Å². The summed E-state index contributed by atoms with van der Waals surface area (Å²) in [5.74, 6) is 5.55. The molecule has 2 aromatic rings. The summed E-state index contributed by atoms with van der Waals surface area (Å²) < 4.78 is 6.64. The van der Waals surface area contributed by atoms with E-state index in [0.29, 0.717) is 12.2 Å². The van der Waals surface area contributed by atoms with Gasteiger partial charge in [-0.2, -0.15) is 0 Å². The highest BCUT2D eigenvalue weighted by Crippen LogP contribution is 2.17. The van der Waals surface area contributed by atoms with Crippen molar-refractivity contribution in [1.29, 1.82) is 0 Å². The van der Waals surface area contributed by atoms with Crippen LogP contribution in [-0.2, 0) is 6.61 Å². The van der Waals surface area contributed by atoms with Gasteiger partial charge in [0.15, 0.2) is 0 Å². The number of ether oxygens (including phenoxy) is 1. The third kappa shape index (κ3) is 3.81. The number of nitrogen functional groups attached to an aromatic ring is 1. The fourth-order valence-corrected chi connectivity index (χ4v) is 1.80. The molecule has 98 valence electrons. The number of rotatable bonds is 4. The summed E-state index contributed by atoms with van der Waals surface area (Å²) in [5.41, 5.74) is 3.60. The number of benzene rings is 2. The van der Waals surface area contributed by atoms with E-state index < -0.39 is 0 Å². The van der Waals surface area contributed by atoms with Crippen LogP contribution in [-0.4, -0.2) is 5.91 Å². The Morgan fingerprint density at radius 3 is 2.32 bits per heavy atom. The number of hydrazine groups is 1. The van der Waals surface area contributed by atoms with Crippen LogP contribution in [0.5, 0.6) is 5.75 Å². The number of nitrogens with one attached hydrogen (secondary N) is 1. The predicted octanol–water partition coefficient (Wildman–Crippen LogP) is 2.63. The standard InChI is InChI=1S/C14H13BrN2O2/c15-12-5-7-13(8-6-12)19-9-10-1-3-11(4-2-10)14(18)17-16/h1-8H,9,16H2,(H,17,18). The number of carbonyl (C=O) groups is 1. The number of carbonyl (C=O) groups excluding carboxylic acids is 1. The largest absolute Gasteiger partial charge is 0.489 e. The normalized spacial score (nSPS) is 10.0. The van der Waals surface area contributed by atoms with Gasteiger partial charge in [-0.3, -0.25) is 10.2 Å². The van der Waals surface area contributed by atoms with Crippen molar-refractivity contribution in [3.8, 4) is 5.75 Å². The smallest absolute Gasteiger partial charge is 0.265 e. The van der Waals surface area contributed by atoms with Crippen molar-refractivity contribution in [1.82, 2.24) is 5.43 Å². The van der Waals surface area contributed by atoms with E-state index in [-0.39, 0.29) is 5.91 Å². The minimum atomic E-state index is -0.305. The lowest BCUT2D eigenvalue weighted by molar-refractivity contribution is 0.0953. The Balaban J connectivity index is 1.96. The number of hydrogen-bond donors (Lipinski definition) is 2. The summed E-state index contributed by atoms with van der Waals surface area (Å²) in [6.45, 7) is 0.451. The Morgan fingerprint density at radius 1 is 1.11 bits per heavy atom. The zero-order valence-electron chi connectivity index (χ0n) is 10.1. The van der Waals surface area contributed by atoms with Crippen molar-refractivity contribution < 1.29 is 9.53 Å². The van der Waals surface area contributed by atoms with Gasteiger partial charge in [0.05, 0.1) is 0 Å². The predicted molar refractivity (Wildman–Crippen MR) is 76.6 cm³/mol. The topological polar surface area (TPSA) is 64.3 Å². The summed E-state index contributed by atoms with van der Waals surface area (Å²) in [5, 5.41) is 0. The molecule has 0 aliphatic heterocycles. The molecule has 0 bridgehead atoms. The first-order valence-corrected chi connectivity index (χ1v) is 6.46. The first kappa shape index (κ1) is 13.6. The van der Waals surface area contributed by atoms with Crippen LogP contribution < -0.4 is 16.0 Å². The van der Waals surface area contributed by atoms with Crippen molar-refractivity contribution in [3.63, 3.8) is 0 Å². The molecule has 2 rings (SSSR count). The number of hydrogen-bond acceptors (Lipinski definition) is 3. The summed E-state index contributed by atoms with van der Waals surface area (Å²) in [6, 6.07) is 14.7. The summed E-state index contributed by atoms with van der Waals surface area (Å²) in [7, 11) is 0. The second-order valence-electron chi connectivity index (χ2n) is 3.91. The Labute approximate surface area is 119 Å². The molecule has 0 saturated carbocycles. The molecular weight excluding hydrogens is 308 g/mol.